The summed E-state index contributed by atoms with van der Waals surface area (Å²) in [5, 5.41) is 2.89. The van der Waals surface area contributed by atoms with Crippen LogP contribution >= 0.6 is 0 Å². The molecule has 0 aromatic heterocycles. The molecule has 1 amide bonds. The largest absolute Gasteiger partial charge is 0.496 e. The minimum atomic E-state index is -0.0405. The number of hydrogen-bond donors (Lipinski definition) is 1. The molecule has 0 saturated heterocycles. The summed E-state index contributed by atoms with van der Waals surface area (Å²) in [6.45, 7) is 4.83. The van der Waals surface area contributed by atoms with Gasteiger partial charge in [0.15, 0.2) is 0 Å². The number of hydrogen-bond acceptors (Lipinski definition) is 3. The van der Waals surface area contributed by atoms with Crippen LogP contribution in [0, 0.1) is 13.8 Å². The van der Waals surface area contributed by atoms with Crippen LogP contribution in [-0.4, -0.2) is 19.6 Å². The monoisotopic (exact) mass is 313 g/mol. The number of amides is 1. The first-order valence-corrected chi connectivity index (χ1v) is 7.69. The highest BCUT2D eigenvalue weighted by Crippen LogP contribution is 2.19. The van der Waals surface area contributed by atoms with Gasteiger partial charge in [-0.05, 0) is 37.1 Å². The quantitative estimate of drug-likeness (QED) is 0.852. The third-order valence-corrected chi connectivity index (χ3v) is 3.60. The molecule has 0 spiro atoms. The summed E-state index contributed by atoms with van der Waals surface area (Å²) >= 11 is 0. The van der Waals surface area contributed by atoms with Crippen molar-refractivity contribution in [3.63, 3.8) is 0 Å². The molecule has 0 atom stereocenters. The molecule has 2 aromatic carbocycles. The van der Waals surface area contributed by atoms with Crippen molar-refractivity contribution < 1.29 is 14.3 Å². The number of benzene rings is 2. The fraction of sp³-hybridized carbons (Fsp3) is 0.316. The Labute approximate surface area is 137 Å². The molecular weight excluding hydrogens is 290 g/mol. The van der Waals surface area contributed by atoms with E-state index in [1.165, 1.54) is 0 Å². The van der Waals surface area contributed by atoms with Gasteiger partial charge in [0, 0.05) is 12.1 Å². The molecule has 0 aliphatic rings. The maximum atomic E-state index is 11.9. The molecule has 2 rings (SSSR count). The summed E-state index contributed by atoms with van der Waals surface area (Å²) in [7, 11) is 1.62. The van der Waals surface area contributed by atoms with E-state index in [-0.39, 0.29) is 5.91 Å². The number of aryl methyl sites for hydroxylation is 2. The molecule has 0 bridgehead atoms. The van der Waals surface area contributed by atoms with E-state index in [9.17, 15) is 4.79 Å². The third kappa shape index (κ3) is 5.02. The smallest absolute Gasteiger partial charge is 0.223 e. The fourth-order valence-electron chi connectivity index (χ4n) is 2.25. The number of nitrogens with one attached hydrogen (secondary N) is 1. The van der Waals surface area contributed by atoms with Crippen LogP contribution in [0.3, 0.4) is 0 Å². The van der Waals surface area contributed by atoms with Crippen molar-refractivity contribution in [3.8, 4) is 11.5 Å². The van der Waals surface area contributed by atoms with E-state index in [0.717, 1.165) is 28.2 Å². The van der Waals surface area contributed by atoms with Gasteiger partial charge in [0.25, 0.3) is 0 Å². The van der Waals surface area contributed by atoms with Crippen LogP contribution in [0.1, 0.15) is 23.1 Å². The van der Waals surface area contributed by atoms with Gasteiger partial charge in [-0.25, -0.2) is 0 Å². The van der Waals surface area contributed by atoms with Crippen molar-refractivity contribution in [1.29, 1.82) is 0 Å². The van der Waals surface area contributed by atoms with Crippen molar-refractivity contribution >= 4 is 5.91 Å². The van der Waals surface area contributed by atoms with Gasteiger partial charge in [-0.15, -0.1) is 0 Å². The van der Waals surface area contributed by atoms with E-state index in [2.05, 4.69) is 5.32 Å². The van der Waals surface area contributed by atoms with Crippen LogP contribution in [0.4, 0.5) is 0 Å². The zero-order valence-electron chi connectivity index (χ0n) is 13.9. The van der Waals surface area contributed by atoms with Crippen molar-refractivity contribution in [2.45, 2.75) is 26.8 Å². The molecule has 1 N–H and O–H groups in total. The highest BCUT2D eigenvalue weighted by Gasteiger charge is 2.06. The van der Waals surface area contributed by atoms with Gasteiger partial charge in [0.2, 0.25) is 5.91 Å². The van der Waals surface area contributed by atoms with Crippen LogP contribution in [-0.2, 0) is 11.3 Å². The van der Waals surface area contributed by atoms with Crippen LogP contribution < -0.4 is 14.8 Å². The normalized spacial score (nSPS) is 10.2. The SMILES string of the molecule is COc1ccccc1CNC(=O)CCOc1cc(C)ccc1C. The molecule has 0 fully saturated rings. The number of carbonyl (C=O) groups excluding carboxylic acids is 1. The van der Waals surface area contributed by atoms with Crippen molar-refractivity contribution in [2.24, 2.45) is 0 Å². The second-order valence-corrected chi connectivity index (χ2v) is 5.46. The number of ether oxygens (including phenoxy) is 2. The van der Waals surface area contributed by atoms with Crippen LogP contribution in [0.2, 0.25) is 0 Å². The molecule has 4 heteroatoms. The maximum Gasteiger partial charge on any atom is 0.223 e. The Morgan fingerprint density at radius 3 is 2.65 bits per heavy atom. The lowest BCUT2D eigenvalue weighted by Gasteiger charge is -2.11. The number of methoxy groups -OCH3 is 1. The van der Waals surface area contributed by atoms with E-state index in [4.69, 9.17) is 9.47 Å². The molecule has 0 radical (unpaired) electrons. The summed E-state index contributed by atoms with van der Waals surface area (Å²) in [6, 6.07) is 13.7. The number of rotatable bonds is 7. The first kappa shape index (κ1) is 16.9. The Hall–Kier alpha value is -2.49. The van der Waals surface area contributed by atoms with Crippen molar-refractivity contribution in [2.75, 3.05) is 13.7 Å². The predicted octanol–water partition coefficient (Wildman–Crippen LogP) is 3.40. The lowest BCUT2D eigenvalue weighted by Crippen LogP contribution is -2.24. The second kappa shape index (κ2) is 8.22. The van der Waals surface area contributed by atoms with E-state index >= 15 is 0 Å². The molecule has 0 unspecified atom stereocenters. The number of para-hydroxylation sites is 1. The Bertz CT molecular complexity index is 667. The van der Waals surface area contributed by atoms with Crippen molar-refractivity contribution in [1.82, 2.24) is 5.32 Å². The van der Waals surface area contributed by atoms with Crippen LogP contribution in [0.5, 0.6) is 11.5 Å². The predicted molar refractivity (Wildman–Crippen MR) is 90.9 cm³/mol. The molecule has 0 aliphatic heterocycles. The topological polar surface area (TPSA) is 47.6 Å². The zero-order chi connectivity index (χ0) is 16.7. The Kier molecular flexibility index (Phi) is 6.03. The zero-order valence-corrected chi connectivity index (χ0v) is 13.9. The third-order valence-electron chi connectivity index (χ3n) is 3.60. The number of carbonyl (C=O) groups is 1. The van der Waals surface area contributed by atoms with E-state index in [1.807, 2.05) is 56.3 Å². The van der Waals surface area contributed by atoms with Gasteiger partial charge >= 0.3 is 0 Å². The average molecular weight is 313 g/mol. The lowest BCUT2D eigenvalue weighted by atomic mass is 10.1. The highest BCUT2D eigenvalue weighted by atomic mass is 16.5. The van der Waals surface area contributed by atoms with Gasteiger partial charge < -0.3 is 14.8 Å². The Morgan fingerprint density at radius 1 is 1.09 bits per heavy atom. The van der Waals surface area contributed by atoms with E-state index in [0.29, 0.717) is 19.6 Å². The summed E-state index contributed by atoms with van der Waals surface area (Å²) < 4.78 is 11.0. The van der Waals surface area contributed by atoms with E-state index < -0.39 is 0 Å². The molecule has 4 nitrogen and oxygen atoms in total. The van der Waals surface area contributed by atoms with Crippen LogP contribution in [0.25, 0.3) is 0 Å². The highest BCUT2D eigenvalue weighted by molar-refractivity contribution is 5.76. The lowest BCUT2D eigenvalue weighted by molar-refractivity contribution is -0.121. The first-order chi connectivity index (χ1) is 11.1. The summed E-state index contributed by atoms with van der Waals surface area (Å²) in [5.74, 6) is 1.57. The molecule has 0 heterocycles. The Morgan fingerprint density at radius 2 is 1.87 bits per heavy atom. The molecule has 0 aliphatic carbocycles. The van der Waals surface area contributed by atoms with Gasteiger partial charge in [0.1, 0.15) is 11.5 Å². The van der Waals surface area contributed by atoms with Crippen molar-refractivity contribution in [3.05, 3.63) is 59.2 Å². The maximum absolute atomic E-state index is 11.9. The molecule has 122 valence electrons. The minimum absolute atomic E-state index is 0.0405. The summed E-state index contributed by atoms with van der Waals surface area (Å²) in [6.07, 6.45) is 0.322. The first-order valence-electron chi connectivity index (χ1n) is 7.69. The fourth-order valence-corrected chi connectivity index (χ4v) is 2.25. The molecule has 2 aromatic rings. The van der Waals surface area contributed by atoms with Crippen LogP contribution in [0.15, 0.2) is 42.5 Å². The molecule has 0 saturated carbocycles. The summed E-state index contributed by atoms with van der Waals surface area (Å²) in [4.78, 5) is 11.9. The molecule has 23 heavy (non-hydrogen) atoms. The van der Waals surface area contributed by atoms with E-state index in [1.54, 1.807) is 7.11 Å². The average Bonchev–Trinajstić information content (AvgIpc) is 2.56. The van der Waals surface area contributed by atoms with Gasteiger partial charge in [-0.1, -0.05) is 30.3 Å². The van der Waals surface area contributed by atoms with Gasteiger partial charge in [-0.3, -0.25) is 4.79 Å². The van der Waals surface area contributed by atoms with Gasteiger partial charge in [-0.2, -0.15) is 0 Å². The van der Waals surface area contributed by atoms with Gasteiger partial charge in [0.05, 0.1) is 20.1 Å². The second-order valence-electron chi connectivity index (χ2n) is 5.46. The standard InChI is InChI=1S/C19H23NO3/c1-14-8-9-15(2)18(12-14)23-11-10-19(21)20-13-16-6-4-5-7-17(16)22-3/h4-9,12H,10-11,13H2,1-3H3,(H,20,21). The summed E-state index contributed by atoms with van der Waals surface area (Å²) in [5.41, 5.74) is 3.18. The Balaban J connectivity index is 1.78. The minimum Gasteiger partial charge on any atom is -0.496 e. The molecular formula is C19H23NO3.